The van der Waals surface area contributed by atoms with Gasteiger partial charge in [0.1, 0.15) is 17.7 Å². The van der Waals surface area contributed by atoms with Crippen molar-refractivity contribution in [1.29, 1.82) is 0 Å². The number of halogens is 2. The topological polar surface area (TPSA) is 76.8 Å². The van der Waals surface area contributed by atoms with Crippen molar-refractivity contribution in [2.75, 3.05) is 5.73 Å². The summed E-state index contributed by atoms with van der Waals surface area (Å²) in [5, 5.41) is 6.68. The third-order valence-electron chi connectivity index (χ3n) is 4.63. The quantitative estimate of drug-likeness (QED) is 0.493. The third-order valence-corrected chi connectivity index (χ3v) is 4.63. The number of nitrogens with one attached hydrogen (secondary N) is 1. The summed E-state index contributed by atoms with van der Waals surface area (Å²) in [7, 11) is 0. The van der Waals surface area contributed by atoms with E-state index < -0.39 is 6.10 Å². The summed E-state index contributed by atoms with van der Waals surface area (Å²) >= 11 is 0. The zero-order chi connectivity index (χ0) is 20.4. The van der Waals surface area contributed by atoms with Gasteiger partial charge in [-0.1, -0.05) is 18.2 Å². The van der Waals surface area contributed by atoms with Crippen molar-refractivity contribution in [2.24, 2.45) is 0 Å². The van der Waals surface area contributed by atoms with Crippen molar-refractivity contribution >= 4 is 5.82 Å². The van der Waals surface area contributed by atoms with Gasteiger partial charge in [-0.2, -0.15) is 5.10 Å². The Morgan fingerprint density at radius 2 is 1.69 bits per heavy atom. The minimum Gasteiger partial charge on any atom is -0.482 e. The van der Waals surface area contributed by atoms with E-state index in [2.05, 4.69) is 15.2 Å². The molecule has 2 aromatic carbocycles. The number of rotatable bonds is 5. The molecule has 4 rings (SSSR count). The molecule has 2 heterocycles. The first-order chi connectivity index (χ1) is 14.0. The molecule has 0 aliphatic heterocycles. The Hall–Kier alpha value is -3.74. The number of pyridine rings is 1. The lowest BCUT2D eigenvalue weighted by Gasteiger charge is -2.20. The lowest BCUT2D eigenvalue weighted by Crippen LogP contribution is -2.08. The molecule has 1 atom stereocenters. The summed E-state index contributed by atoms with van der Waals surface area (Å²) in [6.45, 7) is 1.84. The number of hydrogen-bond donors (Lipinski definition) is 2. The fourth-order valence-electron chi connectivity index (χ4n) is 3.13. The molecule has 7 heteroatoms. The lowest BCUT2D eigenvalue weighted by atomic mass is 9.96. The Morgan fingerprint density at radius 1 is 0.931 bits per heavy atom. The molecule has 29 heavy (non-hydrogen) atoms. The van der Waals surface area contributed by atoms with E-state index >= 15 is 0 Å². The smallest absolute Gasteiger partial charge is 0.166 e. The maximum atomic E-state index is 13.9. The number of aromatic nitrogens is 3. The summed E-state index contributed by atoms with van der Waals surface area (Å²) in [5.74, 6) is -0.0885. The van der Waals surface area contributed by atoms with Crippen LogP contribution in [-0.4, -0.2) is 15.2 Å². The number of H-pyrrole nitrogens is 1. The second kappa shape index (κ2) is 7.71. The van der Waals surface area contributed by atoms with E-state index in [4.69, 9.17) is 10.5 Å². The van der Waals surface area contributed by atoms with E-state index in [0.29, 0.717) is 16.9 Å². The maximum Gasteiger partial charge on any atom is 0.166 e. The van der Waals surface area contributed by atoms with Gasteiger partial charge >= 0.3 is 0 Å². The van der Waals surface area contributed by atoms with Gasteiger partial charge < -0.3 is 10.5 Å². The second-order valence-corrected chi connectivity index (χ2v) is 6.59. The Balaban J connectivity index is 1.68. The van der Waals surface area contributed by atoms with Crippen LogP contribution in [0.25, 0.3) is 22.3 Å². The number of nitrogen functional groups attached to an aromatic ring is 1. The number of ether oxygens (including phenoxy) is 1. The molecule has 0 aliphatic carbocycles. The van der Waals surface area contributed by atoms with Gasteiger partial charge in [-0.15, -0.1) is 0 Å². The van der Waals surface area contributed by atoms with Crippen LogP contribution in [0, 0.1) is 11.6 Å². The van der Waals surface area contributed by atoms with Gasteiger partial charge in [-0.05, 0) is 48.4 Å². The van der Waals surface area contributed by atoms with Crippen molar-refractivity contribution in [1.82, 2.24) is 15.2 Å². The van der Waals surface area contributed by atoms with Gasteiger partial charge in [0.2, 0.25) is 0 Å². The molecule has 4 aromatic rings. The van der Waals surface area contributed by atoms with E-state index in [1.807, 2.05) is 6.92 Å². The Kier molecular flexibility index (Phi) is 4.95. The number of anilines is 1. The van der Waals surface area contributed by atoms with Gasteiger partial charge in [0, 0.05) is 29.1 Å². The Bertz CT molecular complexity index is 1130. The first-order valence-corrected chi connectivity index (χ1v) is 8.98. The first kappa shape index (κ1) is 18.6. The standard InChI is InChI=1S/C22H18F2N4O/c1-13(29-21-8-15(10-26-22(21)25)16-11-27-28-12-16)19-7-6-18(24)9-20(19)14-2-4-17(23)5-3-14/h2-13H,1H3,(H2,25,26)(H,27,28)/t13-/m1/s1. The molecule has 3 N–H and O–H groups in total. The van der Waals surface area contributed by atoms with E-state index in [1.54, 1.807) is 42.9 Å². The molecule has 2 aromatic heterocycles. The van der Waals surface area contributed by atoms with Crippen LogP contribution in [0.15, 0.2) is 67.1 Å². The molecular weight excluding hydrogens is 374 g/mol. The summed E-state index contributed by atoms with van der Waals surface area (Å²) in [5.41, 5.74) is 9.70. The monoisotopic (exact) mass is 392 g/mol. The average Bonchev–Trinajstić information content (AvgIpc) is 3.25. The fraction of sp³-hybridized carbons (Fsp3) is 0.0909. The number of nitrogens with zero attached hydrogens (tertiary/aromatic N) is 2. The average molecular weight is 392 g/mol. The summed E-state index contributed by atoms with van der Waals surface area (Å²) in [4.78, 5) is 4.20. The highest BCUT2D eigenvalue weighted by molar-refractivity contribution is 5.69. The first-order valence-electron chi connectivity index (χ1n) is 8.98. The zero-order valence-corrected chi connectivity index (χ0v) is 15.6. The molecule has 0 unspecified atom stereocenters. The number of nitrogens with two attached hydrogens (primary N) is 1. The molecule has 146 valence electrons. The predicted octanol–water partition coefficient (Wildman–Crippen LogP) is 5.14. The van der Waals surface area contributed by atoms with Gasteiger partial charge in [-0.25, -0.2) is 13.8 Å². The SMILES string of the molecule is C[C@@H](Oc1cc(-c2cn[nH]c2)cnc1N)c1ccc(F)cc1-c1ccc(F)cc1. The van der Waals surface area contributed by atoms with E-state index in [-0.39, 0.29) is 17.5 Å². The van der Waals surface area contributed by atoms with Crippen LogP contribution >= 0.6 is 0 Å². The largest absolute Gasteiger partial charge is 0.482 e. The molecular formula is C22H18F2N4O. The maximum absolute atomic E-state index is 13.9. The van der Waals surface area contributed by atoms with E-state index in [9.17, 15) is 8.78 Å². The van der Waals surface area contributed by atoms with E-state index in [0.717, 1.165) is 16.7 Å². The van der Waals surface area contributed by atoms with E-state index in [1.165, 1.54) is 24.3 Å². The molecule has 0 fully saturated rings. The highest BCUT2D eigenvalue weighted by Crippen LogP contribution is 2.34. The van der Waals surface area contributed by atoms with Crippen LogP contribution in [0.4, 0.5) is 14.6 Å². The van der Waals surface area contributed by atoms with Crippen LogP contribution in [-0.2, 0) is 0 Å². The minimum absolute atomic E-state index is 0.245. The lowest BCUT2D eigenvalue weighted by molar-refractivity contribution is 0.228. The number of benzene rings is 2. The van der Waals surface area contributed by atoms with Gasteiger partial charge in [-0.3, -0.25) is 5.10 Å². The van der Waals surface area contributed by atoms with Crippen LogP contribution < -0.4 is 10.5 Å². The highest BCUT2D eigenvalue weighted by atomic mass is 19.1. The molecule has 0 aliphatic rings. The number of hydrogen-bond acceptors (Lipinski definition) is 4. The van der Waals surface area contributed by atoms with Crippen LogP contribution in [0.2, 0.25) is 0 Å². The Morgan fingerprint density at radius 3 is 2.41 bits per heavy atom. The molecule has 0 saturated carbocycles. The van der Waals surface area contributed by atoms with Crippen molar-refractivity contribution in [3.63, 3.8) is 0 Å². The van der Waals surface area contributed by atoms with Gasteiger partial charge in [0.05, 0.1) is 6.20 Å². The van der Waals surface area contributed by atoms with Gasteiger partial charge in [0.15, 0.2) is 11.6 Å². The van der Waals surface area contributed by atoms with Crippen molar-refractivity contribution in [2.45, 2.75) is 13.0 Å². The second-order valence-electron chi connectivity index (χ2n) is 6.59. The van der Waals surface area contributed by atoms with Crippen LogP contribution in [0.3, 0.4) is 0 Å². The minimum atomic E-state index is -0.459. The molecule has 0 spiro atoms. The molecule has 0 bridgehead atoms. The van der Waals surface area contributed by atoms with Crippen molar-refractivity contribution < 1.29 is 13.5 Å². The predicted molar refractivity (Wildman–Crippen MR) is 107 cm³/mol. The van der Waals surface area contributed by atoms with Crippen molar-refractivity contribution in [3.8, 4) is 28.0 Å². The summed E-state index contributed by atoms with van der Waals surface area (Å²) < 4.78 is 33.3. The fourth-order valence-corrected chi connectivity index (χ4v) is 3.13. The zero-order valence-electron chi connectivity index (χ0n) is 15.6. The number of aromatic amines is 1. The molecule has 5 nitrogen and oxygen atoms in total. The molecule has 0 radical (unpaired) electrons. The molecule has 0 amide bonds. The van der Waals surface area contributed by atoms with Gasteiger partial charge in [0.25, 0.3) is 0 Å². The molecule has 0 saturated heterocycles. The van der Waals surface area contributed by atoms with Crippen LogP contribution in [0.5, 0.6) is 5.75 Å². The summed E-state index contributed by atoms with van der Waals surface area (Å²) in [6, 6.07) is 12.1. The highest BCUT2D eigenvalue weighted by Gasteiger charge is 2.17. The normalized spacial score (nSPS) is 12.0. The van der Waals surface area contributed by atoms with Crippen LogP contribution in [0.1, 0.15) is 18.6 Å². The third kappa shape index (κ3) is 3.94. The van der Waals surface area contributed by atoms with Crippen molar-refractivity contribution in [3.05, 3.63) is 84.3 Å². The Labute approximate surface area is 166 Å². The summed E-state index contributed by atoms with van der Waals surface area (Å²) in [6.07, 6.45) is 4.60.